The van der Waals surface area contributed by atoms with Crippen LogP contribution in [0.3, 0.4) is 0 Å². The van der Waals surface area contributed by atoms with Gasteiger partial charge in [-0.05, 0) is 51.4 Å². The molecule has 0 bridgehead atoms. The molecule has 0 aliphatic carbocycles. The monoisotopic (exact) mass is 848 g/mol. The smallest absolute Gasteiger partial charge is 0.306 e. The van der Waals surface area contributed by atoms with Crippen molar-refractivity contribution in [1.29, 1.82) is 0 Å². The van der Waals surface area contributed by atoms with E-state index in [1.54, 1.807) is 0 Å². The highest BCUT2D eigenvalue weighted by atomic mass is 31.2. The molecule has 0 fully saturated rings. The van der Waals surface area contributed by atoms with Crippen LogP contribution in [0, 0.1) is 0 Å². The molecule has 0 saturated heterocycles. The Kier molecular flexibility index (Phi) is 39.1. The summed E-state index contributed by atoms with van der Waals surface area (Å²) in [5, 5.41) is 0. The maximum absolute atomic E-state index is 12.7. The van der Waals surface area contributed by atoms with Gasteiger partial charge in [0.05, 0.1) is 27.7 Å². The van der Waals surface area contributed by atoms with Crippen LogP contribution in [0.4, 0.5) is 0 Å². The maximum Gasteiger partial charge on any atom is 0.306 e. The third-order valence-electron chi connectivity index (χ3n) is 9.50. The van der Waals surface area contributed by atoms with E-state index >= 15 is 0 Å². The summed E-state index contributed by atoms with van der Waals surface area (Å²) >= 11 is 0. The molecular weight excluding hydrogens is 762 g/mol. The van der Waals surface area contributed by atoms with E-state index < -0.39 is 32.5 Å². The van der Waals surface area contributed by atoms with E-state index in [0.717, 1.165) is 57.8 Å². The Morgan fingerprint density at radius 2 is 0.966 bits per heavy atom. The summed E-state index contributed by atoms with van der Waals surface area (Å²) in [5.74, 6) is -0.933. The van der Waals surface area contributed by atoms with Gasteiger partial charge in [-0.3, -0.25) is 14.2 Å². The predicted octanol–water partition coefficient (Wildman–Crippen LogP) is 12.8. The minimum atomic E-state index is -4.64. The maximum atomic E-state index is 12.7. The second-order valence-corrected chi connectivity index (χ2v) is 17.8. The summed E-state index contributed by atoms with van der Waals surface area (Å²) in [6.07, 6.45) is 50.8. The van der Waals surface area contributed by atoms with Crippen molar-refractivity contribution in [3.8, 4) is 0 Å². The lowest BCUT2D eigenvalue weighted by Crippen LogP contribution is -2.37. The molecule has 2 atom stereocenters. The molecule has 0 spiro atoms. The normalized spacial score (nSPS) is 14.2. The van der Waals surface area contributed by atoms with E-state index in [1.165, 1.54) is 77.0 Å². The van der Waals surface area contributed by atoms with Crippen LogP contribution in [0.15, 0.2) is 72.9 Å². The SMILES string of the molecule is CC/C=C\C/C=C\C/C=C\C/C=C\C/C=C\C/C=C\CCC(=O)OC[C@H](COP(=O)([O-])OCC[N+](C)(C)C)OC(=O)CCCCCCCCCCCCCCCCCC. The van der Waals surface area contributed by atoms with Gasteiger partial charge < -0.3 is 27.9 Å². The summed E-state index contributed by atoms with van der Waals surface area (Å²) in [6.45, 7) is 4.03. The number of unbranched alkanes of at least 4 members (excludes halogenated alkanes) is 15. The van der Waals surface area contributed by atoms with Crippen LogP contribution in [0.5, 0.6) is 0 Å². The van der Waals surface area contributed by atoms with Gasteiger partial charge >= 0.3 is 11.9 Å². The lowest BCUT2D eigenvalue weighted by atomic mass is 10.0. The number of phosphoric ester groups is 1. The molecule has 0 saturated carbocycles. The van der Waals surface area contributed by atoms with Crippen molar-refractivity contribution in [3.05, 3.63) is 72.9 Å². The molecular formula is C49H86NO8P. The molecule has 0 N–H and O–H groups in total. The fourth-order valence-electron chi connectivity index (χ4n) is 5.92. The van der Waals surface area contributed by atoms with E-state index in [-0.39, 0.29) is 26.1 Å². The lowest BCUT2D eigenvalue weighted by molar-refractivity contribution is -0.870. The number of rotatable bonds is 41. The van der Waals surface area contributed by atoms with Crippen LogP contribution in [0.1, 0.15) is 174 Å². The number of allylic oxidation sites excluding steroid dienone is 12. The first kappa shape index (κ1) is 56.5. The molecule has 0 aromatic heterocycles. The van der Waals surface area contributed by atoms with Gasteiger partial charge in [-0.25, -0.2) is 0 Å². The third kappa shape index (κ3) is 44.8. The Balaban J connectivity index is 4.45. The quantitative estimate of drug-likeness (QED) is 0.0197. The van der Waals surface area contributed by atoms with Crippen molar-refractivity contribution in [2.75, 3.05) is 47.5 Å². The number of nitrogens with zero attached hydrogens (tertiary/aromatic N) is 1. The van der Waals surface area contributed by atoms with Crippen LogP contribution in [-0.4, -0.2) is 70.0 Å². The predicted molar refractivity (Wildman–Crippen MR) is 245 cm³/mol. The molecule has 1 unspecified atom stereocenters. The number of ether oxygens (including phenoxy) is 2. The Morgan fingerprint density at radius 3 is 1.41 bits per heavy atom. The average Bonchev–Trinajstić information content (AvgIpc) is 3.19. The van der Waals surface area contributed by atoms with Gasteiger partial charge in [0.1, 0.15) is 19.8 Å². The fraction of sp³-hybridized carbons (Fsp3) is 0.714. The minimum absolute atomic E-state index is 0.0441. The highest BCUT2D eigenvalue weighted by Crippen LogP contribution is 2.38. The number of carbonyl (C=O) groups excluding carboxylic acids is 2. The first-order valence-electron chi connectivity index (χ1n) is 23.1. The molecule has 0 aromatic carbocycles. The van der Waals surface area contributed by atoms with Crippen molar-refractivity contribution in [1.82, 2.24) is 0 Å². The van der Waals surface area contributed by atoms with Crippen LogP contribution in [0.2, 0.25) is 0 Å². The molecule has 10 heteroatoms. The van der Waals surface area contributed by atoms with Gasteiger partial charge in [0.2, 0.25) is 0 Å². The van der Waals surface area contributed by atoms with E-state index in [1.807, 2.05) is 33.3 Å². The van der Waals surface area contributed by atoms with Crippen LogP contribution in [-0.2, 0) is 32.7 Å². The van der Waals surface area contributed by atoms with E-state index in [9.17, 15) is 19.0 Å². The molecule has 340 valence electrons. The second kappa shape index (κ2) is 40.8. The fourth-order valence-corrected chi connectivity index (χ4v) is 6.64. The van der Waals surface area contributed by atoms with Gasteiger partial charge in [-0.15, -0.1) is 0 Å². The van der Waals surface area contributed by atoms with Gasteiger partial charge in [-0.1, -0.05) is 183 Å². The van der Waals surface area contributed by atoms with Crippen LogP contribution >= 0.6 is 7.82 Å². The number of hydrogen-bond acceptors (Lipinski definition) is 8. The molecule has 59 heavy (non-hydrogen) atoms. The number of carbonyl (C=O) groups is 2. The summed E-state index contributed by atoms with van der Waals surface area (Å²) in [4.78, 5) is 37.6. The van der Waals surface area contributed by atoms with Gasteiger partial charge in [-0.2, -0.15) is 0 Å². The van der Waals surface area contributed by atoms with E-state index in [2.05, 4.69) is 74.6 Å². The van der Waals surface area contributed by atoms with E-state index in [4.69, 9.17) is 18.5 Å². The zero-order valence-electron chi connectivity index (χ0n) is 38.2. The molecule has 0 aliphatic heterocycles. The van der Waals surface area contributed by atoms with Crippen LogP contribution in [0.25, 0.3) is 0 Å². The summed E-state index contributed by atoms with van der Waals surface area (Å²) in [5.41, 5.74) is 0. The zero-order valence-corrected chi connectivity index (χ0v) is 39.1. The number of likely N-dealkylation sites (N-methyl/N-ethyl adjacent to an activating group) is 1. The van der Waals surface area contributed by atoms with Crippen LogP contribution < -0.4 is 4.89 Å². The molecule has 0 heterocycles. The summed E-state index contributed by atoms with van der Waals surface area (Å²) < 4.78 is 33.9. The number of hydrogen-bond donors (Lipinski definition) is 0. The van der Waals surface area contributed by atoms with Crippen molar-refractivity contribution in [2.24, 2.45) is 0 Å². The Labute approximate surface area is 361 Å². The minimum Gasteiger partial charge on any atom is -0.756 e. The van der Waals surface area contributed by atoms with Crippen molar-refractivity contribution < 1.29 is 42.1 Å². The molecule has 0 aliphatic rings. The highest BCUT2D eigenvalue weighted by molar-refractivity contribution is 7.45. The Bertz CT molecular complexity index is 1230. The average molecular weight is 848 g/mol. The van der Waals surface area contributed by atoms with Gasteiger partial charge in [0, 0.05) is 12.8 Å². The lowest BCUT2D eigenvalue weighted by Gasteiger charge is -2.28. The highest BCUT2D eigenvalue weighted by Gasteiger charge is 2.21. The van der Waals surface area contributed by atoms with E-state index in [0.29, 0.717) is 23.9 Å². The van der Waals surface area contributed by atoms with Crippen molar-refractivity contribution in [2.45, 2.75) is 180 Å². The van der Waals surface area contributed by atoms with Gasteiger partial charge in [0.25, 0.3) is 7.82 Å². The number of esters is 2. The Hall–Kier alpha value is -2.55. The number of quaternary nitrogens is 1. The van der Waals surface area contributed by atoms with Crippen molar-refractivity contribution >= 4 is 19.8 Å². The standard InChI is InChI=1S/C49H86NO8P/c1-6-8-10-12-14-16-18-20-22-24-25-26-28-29-31-33-35-37-39-41-48(51)55-45-47(46-57-59(53,54)56-44-43-50(3,4)5)58-49(52)42-40-38-36-34-32-30-27-23-21-19-17-15-13-11-9-7-2/h8,10,14,16,20,22,25-26,29,31,35,37,47H,6-7,9,11-13,15,17-19,21,23-24,27-28,30,32-34,36,38-46H2,1-5H3/b10-8-,16-14-,22-20-,26-25-,31-29-,37-35-/t47-/m1/s1. The molecule has 0 amide bonds. The first-order chi connectivity index (χ1) is 28.5. The second-order valence-electron chi connectivity index (χ2n) is 16.4. The summed E-state index contributed by atoms with van der Waals surface area (Å²) in [7, 11) is 1.12. The Morgan fingerprint density at radius 1 is 0.542 bits per heavy atom. The molecule has 9 nitrogen and oxygen atoms in total. The number of phosphoric acid groups is 1. The zero-order chi connectivity index (χ0) is 43.6. The molecule has 0 rings (SSSR count). The van der Waals surface area contributed by atoms with Gasteiger partial charge in [0.15, 0.2) is 6.10 Å². The van der Waals surface area contributed by atoms with Crippen molar-refractivity contribution in [3.63, 3.8) is 0 Å². The molecule has 0 radical (unpaired) electrons. The molecule has 0 aromatic rings. The topological polar surface area (TPSA) is 111 Å². The summed E-state index contributed by atoms with van der Waals surface area (Å²) in [6, 6.07) is 0. The first-order valence-corrected chi connectivity index (χ1v) is 24.6. The largest absolute Gasteiger partial charge is 0.756 e. The third-order valence-corrected chi connectivity index (χ3v) is 10.5.